The van der Waals surface area contributed by atoms with E-state index in [1.165, 1.54) is 12.1 Å². The van der Waals surface area contributed by atoms with E-state index in [9.17, 15) is 31.1 Å². The molecule has 0 N–H and O–H groups in total. The molecule has 0 aliphatic rings. The monoisotopic (exact) mass is 440 g/mol. The van der Waals surface area contributed by atoms with Gasteiger partial charge in [-0.2, -0.15) is 22.0 Å². The summed E-state index contributed by atoms with van der Waals surface area (Å²) in [6.45, 7) is 0. The summed E-state index contributed by atoms with van der Waals surface area (Å²) in [4.78, 5) is 11.5. The Balaban J connectivity index is 2.14. The van der Waals surface area contributed by atoms with Gasteiger partial charge in [0.15, 0.2) is 5.78 Å². The highest BCUT2D eigenvalue weighted by molar-refractivity contribution is 9.09. The van der Waals surface area contributed by atoms with Crippen molar-refractivity contribution in [3.63, 3.8) is 0 Å². The minimum Gasteiger partial charge on any atom is -0.430 e. The maximum atomic E-state index is 13.2. The van der Waals surface area contributed by atoms with E-state index in [2.05, 4.69) is 20.7 Å². The van der Waals surface area contributed by atoms with Gasteiger partial charge in [-0.05, 0) is 23.3 Å². The molecule has 2 nitrogen and oxygen atoms in total. The van der Waals surface area contributed by atoms with Gasteiger partial charge in [0, 0.05) is 5.56 Å². The van der Waals surface area contributed by atoms with Crippen molar-refractivity contribution in [1.82, 2.24) is 0 Å². The fourth-order valence-corrected chi connectivity index (χ4v) is 2.36. The molecule has 1 atom stereocenters. The normalized spacial score (nSPS) is 13.3. The molecule has 0 aliphatic heterocycles. The van der Waals surface area contributed by atoms with Gasteiger partial charge in [0.2, 0.25) is 0 Å². The van der Waals surface area contributed by atoms with E-state index >= 15 is 0 Å². The Morgan fingerprint density at radius 2 is 1.38 bits per heavy atom. The molecule has 1 unspecified atom stereocenters. The third kappa shape index (κ3) is 4.78. The first kappa shape index (κ1) is 20.3. The first-order chi connectivity index (χ1) is 12.0. The van der Waals surface area contributed by atoms with Gasteiger partial charge in [0.25, 0.3) is 6.17 Å². The predicted molar refractivity (Wildman–Crippen MR) is 86.5 cm³/mol. The lowest BCUT2D eigenvalue weighted by atomic mass is 10.0. The van der Waals surface area contributed by atoms with Crippen LogP contribution in [0.1, 0.15) is 10.4 Å². The molecule has 0 amide bonds. The molecule has 0 aromatic heterocycles. The zero-order valence-corrected chi connectivity index (χ0v) is 14.5. The molecular weight excluding hydrogens is 430 g/mol. The van der Waals surface area contributed by atoms with Crippen LogP contribution in [-0.4, -0.2) is 29.6 Å². The van der Waals surface area contributed by atoms with Gasteiger partial charge in [-0.1, -0.05) is 52.3 Å². The summed E-state index contributed by atoms with van der Waals surface area (Å²) in [7, 11) is 0. The van der Waals surface area contributed by atoms with Crippen molar-refractivity contribution in [2.24, 2.45) is 0 Å². The van der Waals surface area contributed by atoms with Gasteiger partial charge < -0.3 is 4.74 Å². The minimum atomic E-state index is -5.74. The first-order valence-electron chi connectivity index (χ1n) is 7.12. The van der Waals surface area contributed by atoms with E-state index in [1.54, 1.807) is 24.3 Å². The molecular formula is C17H11BrF6O2. The maximum Gasteiger partial charge on any atom is 0.439 e. The topological polar surface area (TPSA) is 26.3 Å². The molecule has 0 heterocycles. The van der Waals surface area contributed by atoms with Crippen molar-refractivity contribution in [3.8, 4) is 16.9 Å². The number of Topliss-reactive ketones (excluding diaryl/α,β-unsaturated/α-hetero) is 1. The molecule has 0 fully saturated rings. The van der Waals surface area contributed by atoms with E-state index < -0.39 is 24.2 Å². The number of benzene rings is 2. The van der Waals surface area contributed by atoms with Gasteiger partial charge in [-0.25, -0.2) is 4.39 Å². The summed E-state index contributed by atoms with van der Waals surface area (Å²) in [6, 6.07) is 11.1. The van der Waals surface area contributed by atoms with Crippen LogP contribution < -0.4 is 4.74 Å². The minimum absolute atomic E-state index is 0.118. The van der Waals surface area contributed by atoms with Crippen molar-refractivity contribution in [1.29, 1.82) is 0 Å². The van der Waals surface area contributed by atoms with Crippen LogP contribution in [0, 0.1) is 0 Å². The number of carbonyl (C=O) groups is 1. The fourth-order valence-electron chi connectivity index (χ4n) is 2.04. The Bertz CT molecular complexity index is 756. The molecule has 0 saturated carbocycles. The van der Waals surface area contributed by atoms with E-state index in [0.717, 1.165) is 12.1 Å². The van der Waals surface area contributed by atoms with E-state index in [1.807, 2.05) is 0 Å². The number of hydrogen-bond acceptors (Lipinski definition) is 2. The Morgan fingerprint density at radius 3 is 1.81 bits per heavy atom. The van der Waals surface area contributed by atoms with Gasteiger partial charge in [-0.3, -0.25) is 4.79 Å². The van der Waals surface area contributed by atoms with Gasteiger partial charge in [0.05, 0.1) is 5.33 Å². The largest absolute Gasteiger partial charge is 0.439 e. The number of rotatable bonds is 6. The van der Waals surface area contributed by atoms with Crippen LogP contribution in [-0.2, 0) is 0 Å². The van der Waals surface area contributed by atoms with E-state index in [0.29, 0.717) is 16.7 Å². The Labute approximate surface area is 152 Å². The van der Waals surface area contributed by atoms with Crippen molar-refractivity contribution >= 4 is 21.7 Å². The summed E-state index contributed by atoms with van der Waals surface area (Å²) in [6.07, 6.45) is -15.2. The number of hydrogen-bond donors (Lipinski definition) is 0. The molecule has 0 spiro atoms. The van der Waals surface area contributed by atoms with E-state index in [-0.39, 0.29) is 11.1 Å². The van der Waals surface area contributed by atoms with Gasteiger partial charge >= 0.3 is 12.3 Å². The van der Waals surface area contributed by atoms with Crippen molar-refractivity contribution in [3.05, 3.63) is 54.1 Å². The van der Waals surface area contributed by atoms with Crippen LogP contribution in [0.15, 0.2) is 48.5 Å². The summed E-state index contributed by atoms with van der Waals surface area (Å²) in [5.41, 5.74) is 1.67. The molecule has 9 heteroatoms. The average molecular weight is 441 g/mol. The highest BCUT2D eigenvalue weighted by Crippen LogP contribution is 2.36. The second-order valence-corrected chi connectivity index (χ2v) is 5.79. The lowest BCUT2D eigenvalue weighted by Gasteiger charge is -2.23. The van der Waals surface area contributed by atoms with Crippen molar-refractivity contribution < 1.29 is 35.9 Å². The van der Waals surface area contributed by atoms with Crippen LogP contribution in [0.3, 0.4) is 0 Å². The maximum absolute atomic E-state index is 13.2. The second-order valence-electron chi connectivity index (χ2n) is 5.23. The van der Waals surface area contributed by atoms with Crippen molar-refractivity contribution in [2.45, 2.75) is 18.5 Å². The number of carbonyl (C=O) groups excluding carboxylic acids is 1. The summed E-state index contributed by atoms with van der Waals surface area (Å²) in [5.74, 6) is -0.732. The van der Waals surface area contributed by atoms with Crippen LogP contribution in [0.2, 0.25) is 0 Å². The van der Waals surface area contributed by atoms with Crippen LogP contribution >= 0.6 is 15.9 Å². The molecule has 140 valence electrons. The molecule has 2 aromatic carbocycles. The number of ketones is 1. The highest BCUT2D eigenvalue weighted by Gasteiger charge is 2.59. The SMILES string of the molecule is O=C(CBr)c1ccc(-c2ccc(OC(F)(F)C(F)C(F)(F)F)cc2)cc1. The quantitative estimate of drug-likeness (QED) is 0.322. The number of halogens is 7. The standard InChI is InChI=1S/C17H11BrF6O2/c18-9-14(25)12-3-1-10(2-4-12)11-5-7-13(8-6-11)26-17(23,24)15(19)16(20,21)22/h1-8,15H,9H2. The van der Waals surface area contributed by atoms with Crippen LogP contribution in [0.25, 0.3) is 11.1 Å². The highest BCUT2D eigenvalue weighted by atomic mass is 79.9. The first-order valence-corrected chi connectivity index (χ1v) is 8.24. The third-order valence-corrected chi connectivity index (χ3v) is 3.86. The summed E-state index contributed by atoms with van der Waals surface area (Å²) < 4.78 is 79.4. The number of alkyl halides is 7. The molecule has 26 heavy (non-hydrogen) atoms. The predicted octanol–water partition coefficient (Wildman–Crippen LogP) is 5.80. The average Bonchev–Trinajstić information content (AvgIpc) is 2.60. The lowest BCUT2D eigenvalue weighted by Crippen LogP contribution is -2.45. The molecule has 0 saturated heterocycles. The zero-order valence-electron chi connectivity index (χ0n) is 12.9. The van der Waals surface area contributed by atoms with Crippen LogP contribution in [0.5, 0.6) is 5.75 Å². The molecule has 0 bridgehead atoms. The second kappa shape index (κ2) is 7.69. The smallest absolute Gasteiger partial charge is 0.430 e. The van der Waals surface area contributed by atoms with Gasteiger partial charge in [0.1, 0.15) is 5.75 Å². The van der Waals surface area contributed by atoms with E-state index in [4.69, 9.17) is 0 Å². The Morgan fingerprint density at radius 1 is 0.923 bits per heavy atom. The van der Waals surface area contributed by atoms with Gasteiger partial charge in [-0.15, -0.1) is 0 Å². The lowest BCUT2D eigenvalue weighted by molar-refractivity contribution is -0.304. The Kier molecular flexibility index (Phi) is 6.00. The Hall–Kier alpha value is -2.03. The third-order valence-electron chi connectivity index (χ3n) is 3.35. The zero-order chi connectivity index (χ0) is 19.5. The summed E-state index contributed by atoms with van der Waals surface area (Å²) in [5, 5.41) is 0.167. The molecule has 0 aliphatic carbocycles. The molecule has 0 radical (unpaired) electrons. The van der Waals surface area contributed by atoms with Crippen LogP contribution in [0.4, 0.5) is 26.3 Å². The fraction of sp³-hybridized carbons (Fsp3) is 0.235. The van der Waals surface area contributed by atoms with Crippen molar-refractivity contribution in [2.75, 3.05) is 5.33 Å². The number of ether oxygens (including phenoxy) is 1. The molecule has 2 rings (SSSR count). The molecule has 2 aromatic rings. The summed E-state index contributed by atoms with van der Waals surface area (Å²) >= 11 is 3.05.